The average molecular weight is 261 g/mol. The van der Waals surface area contributed by atoms with Crippen molar-refractivity contribution in [1.29, 1.82) is 0 Å². The Hall–Kier alpha value is -0.900. The number of hydrogen-bond donors (Lipinski definition) is 1. The first-order valence-electron chi connectivity index (χ1n) is 7.34. The van der Waals surface area contributed by atoms with Gasteiger partial charge in [-0.05, 0) is 45.1 Å². The van der Waals surface area contributed by atoms with Crippen LogP contribution in [0.25, 0.3) is 0 Å². The van der Waals surface area contributed by atoms with Crippen LogP contribution in [0.4, 0.5) is 0 Å². The van der Waals surface area contributed by atoms with Crippen molar-refractivity contribution in [1.82, 2.24) is 15.1 Å². The summed E-state index contributed by atoms with van der Waals surface area (Å²) in [6.07, 6.45) is 1.27. The summed E-state index contributed by atoms with van der Waals surface area (Å²) in [6.45, 7) is 7.98. The summed E-state index contributed by atoms with van der Waals surface area (Å²) in [5, 5.41) is 3.22. The molecular formula is C16H27N3. The number of likely N-dealkylation sites (N-methyl/N-ethyl adjacent to an activating group) is 1. The van der Waals surface area contributed by atoms with Crippen LogP contribution in [0.5, 0.6) is 0 Å². The van der Waals surface area contributed by atoms with E-state index in [1.54, 1.807) is 0 Å². The van der Waals surface area contributed by atoms with Crippen molar-refractivity contribution in [3.8, 4) is 0 Å². The predicted molar refractivity (Wildman–Crippen MR) is 81.2 cm³/mol. The van der Waals surface area contributed by atoms with Crippen LogP contribution in [0.1, 0.15) is 24.5 Å². The van der Waals surface area contributed by atoms with E-state index in [0.717, 1.165) is 13.1 Å². The van der Waals surface area contributed by atoms with E-state index in [9.17, 15) is 0 Å². The molecule has 106 valence electrons. The molecule has 3 nitrogen and oxygen atoms in total. The van der Waals surface area contributed by atoms with Gasteiger partial charge in [0, 0.05) is 32.2 Å². The summed E-state index contributed by atoms with van der Waals surface area (Å²) in [5.74, 6) is 0. The molecule has 0 radical (unpaired) electrons. The van der Waals surface area contributed by atoms with Gasteiger partial charge < -0.3 is 10.2 Å². The molecule has 1 aromatic rings. The molecule has 1 unspecified atom stereocenters. The molecule has 1 aliphatic rings. The van der Waals surface area contributed by atoms with Crippen molar-refractivity contribution in [3.63, 3.8) is 0 Å². The van der Waals surface area contributed by atoms with E-state index in [-0.39, 0.29) is 0 Å². The van der Waals surface area contributed by atoms with Crippen molar-refractivity contribution in [3.05, 3.63) is 35.4 Å². The van der Waals surface area contributed by atoms with Gasteiger partial charge in [0.15, 0.2) is 0 Å². The zero-order valence-corrected chi connectivity index (χ0v) is 12.5. The lowest BCUT2D eigenvalue weighted by atomic mass is 10.1. The minimum Gasteiger partial charge on any atom is -0.316 e. The molecule has 1 heterocycles. The molecule has 0 saturated carbocycles. The highest BCUT2D eigenvalue weighted by atomic mass is 15.2. The van der Waals surface area contributed by atoms with Crippen LogP contribution in [-0.2, 0) is 13.1 Å². The van der Waals surface area contributed by atoms with Crippen LogP contribution in [0.2, 0.25) is 0 Å². The van der Waals surface area contributed by atoms with Gasteiger partial charge >= 0.3 is 0 Å². The zero-order valence-electron chi connectivity index (χ0n) is 12.5. The highest BCUT2D eigenvalue weighted by Crippen LogP contribution is 2.14. The normalized spacial score (nSPS) is 22.4. The van der Waals surface area contributed by atoms with E-state index >= 15 is 0 Å². The number of nitrogens with one attached hydrogen (secondary N) is 1. The Morgan fingerprint density at radius 1 is 1.26 bits per heavy atom. The standard InChI is InChI=1S/C16H27N3/c1-14-12-18(3)8-5-9-19(14)13-16-7-4-6-15(10-16)11-17-2/h4,6-7,10,14,17H,5,8-9,11-13H2,1-3H3. The first kappa shape index (κ1) is 14.5. The zero-order chi connectivity index (χ0) is 13.7. The molecule has 3 heteroatoms. The second-order valence-electron chi connectivity index (χ2n) is 5.79. The monoisotopic (exact) mass is 261 g/mol. The minimum absolute atomic E-state index is 0.639. The summed E-state index contributed by atoms with van der Waals surface area (Å²) in [4.78, 5) is 5.06. The molecule has 0 spiro atoms. The molecule has 0 aromatic heterocycles. The van der Waals surface area contributed by atoms with Crippen molar-refractivity contribution in [2.75, 3.05) is 33.7 Å². The first-order chi connectivity index (χ1) is 9.19. The molecule has 0 aliphatic carbocycles. The van der Waals surface area contributed by atoms with E-state index in [1.807, 2.05) is 7.05 Å². The molecule has 1 saturated heterocycles. The van der Waals surface area contributed by atoms with Gasteiger partial charge in [-0.3, -0.25) is 4.90 Å². The third kappa shape index (κ3) is 4.30. The SMILES string of the molecule is CNCc1cccc(CN2CCCN(C)CC2C)c1. The Morgan fingerprint density at radius 3 is 2.84 bits per heavy atom. The summed E-state index contributed by atoms with van der Waals surface area (Å²) in [5.41, 5.74) is 2.81. The number of benzene rings is 1. The maximum Gasteiger partial charge on any atom is 0.0237 e. The quantitative estimate of drug-likeness (QED) is 0.893. The van der Waals surface area contributed by atoms with E-state index in [0.29, 0.717) is 6.04 Å². The fraction of sp³-hybridized carbons (Fsp3) is 0.625. The summed E-state index contributed by atoms with van der Waals surface area (Å²) in [7, 11) is 4.23. The van der Waals surface area contributed by atoms with Crippen molar-refractivity contribution < 1.29 is 0 Å². The largest absolute Gasteiger partial charge is 0.316 e. The molecule has 1 aliphatic heterocycles. The molecule has 2 rings (SSSR count). The molecule has 0 amide bonds. The lowest BCUT2D eigenvalue weighted by Gasteiger charge is -2.28. The second kappa shape index (κ2) is 7.04. The molecule has 1 aromatic carbocycles. The van der Waals surface area contributed by atoms with Gasteiger partial charge in [-0.2, -0.15) is 0 Å². The second-order valence-corrected chi connectivity index (χ2v) is 5.79. The van der Waals surface area contributed by atoms with E-state index < -0.39 is 0 Å². The van der Waals surface area contributed by atoms with Crippen LogP contribution in [0.15, 0.2) is 24.3 Å². The smallest absolute Gasteiger partial charge is 0.0237 e. The summed E-state index contributed by atoms with van der Waals surface area (Å²) < 4.78 is 0. The van der Waals surface area contributed by atoms with Crippen LogP contribution < -0.4 is 5.32 Å². The molecular weight excluding hydrogens is 234 g/mol. The Labute approximate surface area is 117 Å². The number of rotatable bonds is 4. The summed E-state index contributed by atoms with van der Waals surface area (Å²) >= 11 is 0. The van der Waals surface area contributed by atoms with Crippen LogP contribution >= 0.6 is 0 Å². The average Bonchev–Trinajstić information content (AvgIpc) is 2.52. The summed E-state index contributed by atoms with van der Waals surface area (Å²) in [6, 6.07) is 9.59. The highest BCUT2D eigenvalue weighted by molar-refractivity contribution is 5.23. The van der Waals surface area contributed by atoms with Gasteiger partial charge in [0.05, 0.1) is 0 Å². The Kier molecular flexibility index (Phi) is 5.37. The Balaban J connectivity index is 2.01. The third-order valence-corrected chi connectivity index (χ3v) is 3.94. The van der Waals surface area contributed by atoms with Crippen LogP contribution in [0, 0.1) is 0 Å². The predicted octanol–water partition coefficient (Wildman–Crippen LogP) is 1.93. The lowest BCUT2D eigenvalue weighted by Crippen LogP contribution is -2.37. The van der Waals surface area contributed by atoms with Crippen molar-refractivity contribution in [2.24, 2.45) is 0 Å². The van der Waals surface area contributed by atoms with Gasteiger partial charge in [0.2, 0.25) is 0 Å². The Bertz CT molecular complexity index is 391. The number of hydrogen-bond acceptors (Lipinski definition) is 3. The number of nitrogens with zero attached hydrogens (tertiary/aromatic N) is 2. The van der Waals surface area contributed by atoms with Gasteiger partial charge in [-0.15, -0.1) is 0 Å². The molecule has 0 bridgehead atoms. The maximum absolute atomic E-state index is 3.22. The molecule has 1 atom stereocenters. The maximum atomic E-state index is 3.22. The highest BCUT2D eigenvalue weighted by Gasteiger charge is 2.19. The minimum atomic E-state index is 0.639. The van der Waals surface area contributed by atoms with Crippen LogP contribution in [-0.4, -0.2) is 49.6 Å². The fourth-order valence-corrected chi connectivity index (χ4v) is 2.93. The molecule has 1 fully saturated rings. The van der Waals surface area contributed by atoms with Gasteiger partial charge in [-0.25, -0.2) is 0 Å². The van der Waals surface area contributed by atoms with E-state index in [1.165, 1.54) is 37.2 Å². The molecule has 19 heavy (non-hydrogen) atoms. The third-order valence-electron chi connectivity index (χ3n) is 3.94. The van der Waals surface area contributed by atoms with E-state index in [4.69, 9.17) is 0 Å². The van der Waals surface area contributed by atoms with Gasteiger partial charge in [-0.1, -0.05) is 24.3 Å². The first-order valence-corrected chi connectivity index (χ1v) is 7.34. The van der Waals surface area contributed by atoms with Crippen LogP contribution in [0.3, 0.4) is 0 Å². The van der Waals surface area contributed by atoms with Gasteiger partial charge in [0.25, 0.3) is 0 Å². The van der Waals surface area contributed by atoms with E-state index in [2.05, 4.69) is 53.4 Å². The van der Waals surface area contributed by atoms with Crippen molar-refractivity contribution in [2.45, 2.75) is 32.5 Å². The van der Waals surface area contributed by atoms with Crippen molar-refractivity contribution >= 4 is 0 Å². The topological polar surface area (TPSA) is 18.5 Å². The lowest BCUT2D eigenvalue weighted by molar-refractivity contribution is 0.194. The van der Waals surface area contributed by atoms with Gasteiger partial charge in [0.1, 0.15) is 0 Å². The Morgan fingerprint density at radius 2 is 2.05 bits per heavy atom. The molecule has 1 N–H and O–H groups in total. The fourth-order valence-electron chi connectivity index (χ4n) is 2.93.